The van der Waals surface area contributed by atoms with Crippen molar-refractivity contribution < 1.29 is 14.3 Å². The molecule has 0 unspecified atom stereocenters. The molecule has 1 fully saturated rings. The number of aryl methyl sites for hydroxylation is 1. The maximum atomic E-state index is 12.3. The Labute approximate surface area is 153 Å². The third kappa shape index (κ3) is 5.15. The number of ether oxygens (including phenoxy) is 1. The van der Waals surface area contributed by atoms with E-state index < -0.39 is 0 Å². The highest BCUT2D eigenvalue weighted by molar-refractivity contribution is 6.04. The number of carbonyl (C=O) groups excluding carboxylic acids is 2. The summed E-state index contributed by atoms with van der Waals surface area (Å²) < 4.78 is 5.28. The predicted octanol–water partition coefficient (Wildman–Crippen LogP) is 2.52. The summed E-state index contributed by atoms with van der Waals surface area (Å²) in [6.07, 6.45) is 0. The molecule has 1 heterocycles. The van der Waals surface area contributed by atoms with E-state index in [-0.39, 0.29) is 11.8 Å². The Morgan fingerprint density at radius 3 is 2.35 bits per heavy atom. The minimum absolute atomic E-state index is 0.0751. The van der Waals surface area contributed by atoms with Crippen molar-refractivity contribution in [2.24, 2.45) is 0 Å². The molecule has 3 rings (SSSR count). The predicted molar refractivity (Wildman–Crippen MR) is 101 cm³/mol. The number of amides is 2. The number of benzene rings is 2. The van der Waals surface area contributed by atoms with Crippen LogP contribution in [0.15, 0.2) is 48.5 Å². The second-order valence-corrected chi connectivity index (χ2v) is 6.34. The van der Waals surface area contributed by atoms with E-state index in [1.807, 2.05) is 19.1 Å². The van der Waals surface area contributed by atoms with Crippen LogP contribution in [0, 0.1) is 6.92 Å². The Morgan fingerprint density at radius 1 is 1.00 bits per heavy atom. The number of morpholine rings is 1. The molecule has 0 aliphatic carbocycles. The number of hydrogen-bond donors (Lipinski definition) is 2. The Balaban J connectivity index is 1.57. The highest BCUT2D eigenvalue weighted by Crippen LogP contribution is 2.16. The van der Waals surface area contributed by atoms with Crippen molar-refractivity contribution in [1.29, 1.82) is 0 Å². The Hall–Kier alpha value is -2.70. The van der Waals surface area contributed by atoms with Gasteiger partial charge in [-0.3, -0.25) is 14.5 Å². The molecule has 1 aliphatic heterocycles. The monoisotopic (exact) mass is 353 g/mol. The SMILES string of the molecule is Cc1ccc(C(=O)Nc2cccc(NC(=O)CN3CCOCC3)c2)cc1. The summed E-state index contributed by atoms with van der Waals surface area (Å²) in [4.78, 5) is 26.5. The summed E-state index contributed by atoms with van der Waals surface area (Å²) in [5.74, 6) is -0.254. The molecule has 0 atom stereocenters. The lowest BCUT2D eigenvalue weighted by atomic mass is 10.1. The van der Waals surface area contributed by atoms with Crippen molar-refractivity contribution in [1.82, 2.24) is 4.90 Å². The van der Waals surface area contributed by atoms with E-state index in [0.717, 1.165) is 18.7 Å². The van der Waals surface area contributed by atoms with Crippen molar-refractivity contribution in [2.45, 2.75) is 6.92 Å². The number of rotatable bonds is 5. The van der Waals surface area contributed by atoms with Gasteiger partial charge >= 0.3 is 0 Å². The third-order valence-electron chi connectivity index (χ3n) is 4.19. The van der Waals surface area contributed by atoms with Crippen molar-refractivity contribution in [3.63, 3.8) is 0 Å². The molecule has 2 aromatic rings. The number of hydrogen-bond acceptors (Lipinski definition) is 4. The number of carbonyl (C=O) groups is 2. The molecule has 0 radical (unpaired) electrons. The van der Waals surface area contributed by atoms with Gasteiger partial charge in [-0.1, -0.05) is 23.8 Å². The van der Waals surface area contributed by atoms with Gasteiger partial charge in [0.2, 0.25) is 5.91 Å². The van der Waals surface area contributed by atoms with Gasteiger partial charge < -0.3 is 15.4 Å². The van der Waals surface area contributed by atoms with Gasteiger partial charge in [0, 0.05) is 30.0 Å². The number of anilines is 2. The first kappa shape index (κ1) is 18.1. The molecule has 2 N–H and O–H groups in total. The van der Waals surface area contributed by atoms with Crippen molar-refractivity contribution >= 4 is 23.2 Å². The molecule has 136 valence electrons. The summed E-state index contributed by atoms with van der Waals surface area (Å²) in [5.41, 5.74) is 2.99. The van der Waals surface area contributed by atoms with E-state index in [2.05, 4.69) is 15.5 Å². The van der Waals surface area contributed by atoms with E-state index in [9.17, 15) is 9.59 Å². The summed E-state index contributed by atoms with van der Waals surface area (Å²) in [7, 11) is 0. The van der Waals surface area contributed by atoms with Crippen molar-refractivity contribution in [2.75, 3.05) is 43.5 Å². The molecule has 0 saturated carbocycles. The normalized spacial score (nSPS) is 14.7. The number of nitrogens with zero attached hydrogens (tertiary/aromatic N) is 1. The van der Waals surface area contributed by atoms with E-state index in [0.29, 0.717) is 36.7 Å². The van der Waals surface area contributed by atoms with Gasteiger partial charge in [0.25, 0.3) is 5.91 Å². The van der Waals surface area contributed by atoms with Gasteiger partial charge in [0.05, 0.1) is 19.8 Å². The van der Waals surface area contributed by atoms with Crippen molar-refractivity contribution in [3.05, 3.63) is 59.7 Å². The van der Waals surface area contributed by atoms with Crippen LogP contribution in [-0.2, 0) is 9.53 Å². The molecule has 1 saturated heterocycles. The largest absolute Gasteiger partial charge is 0.379 e. The fraction of sp³-hybridized carbons (Fsp3) is 0.300. The van der Waals surface area contributed by atoms with Crippen LogP contribution < -0.4 is 10.6 Å². The zero-order valence-electron chi connectivity index (χ0n) is 14.8. The van der Waals surface area contributed by atoms with Gasteiger partial charge in [-0.2, -0.15) is 0 Å². The van der Waals surface area contributed by atoms with Crippen LogP contribution >= 0.6 is 0 Å². The third-order valence-corrected chi connectivity index (χ3v) is 4.19. The molecule has 1 aliphatic rings. The molecule has 6 nitrogen and oxygen atoms in total. The quantitative estimate of drug-likeness (QED) is 0.867. The average molecular weight is 353 g/mol. The molecule has 6 heteroatoms. The van der Waals surface area contributed by atoms with Crippen LogP contribution in [0.3, 0.4) is 0 Å². The zero-order valence-corrected chi connectivity index (χ0v) is 14.8. The summed E-state index contributed by atoms with van der Waals surface area (Å²) >= 11 is 0. The standard InChI is InChI=1S/C20H23N3O3/c1-15-5-7-16(8-6-15)20(25)22-18-4-2-3-17(13-18)21-19(24)14-23-9-11-26-12-10-23/h2-8,13H,9-12,14H2,1H3,(H,21,24)(H,22,25). The average Bonchev–Trinajstić information content (AvgIpc) is 2.63. The second-order valence-electron chi connectivity index (χ2n) is 6.34. The fourth-order valence-corrected chi connectivity index (χ4v) is 2.75. The van der Waals surface area contributed by atoms with Gasteiger partial charge in [0.1, 0.15) is 0 Å². The lowest BCUT2D eigenvalue weighted by Gasteiger charge is -2.25. The summed E-state index contributed by atoms with van der Waals surface area (Å²) in [6, 6.07) is 14.5. The number of nitrogens with one attached hydrogen (secondary N) is 2. The van der Waals surface area contributed by atoms with Crippen LogP contribution in [0.2, 0.25) is 0 Å². The van der Waals surface area contributed by atoms with Gasteiger partial charge in [-0.15, -0.1) is 0 Å². The Kier molecular flexibility index (Phi) is 5.99. The molecular weight excluding hydrogens is 330 g/mol. The first-order valence-corrected chi connectivity index (χ1v) is 8.68. The van der Waals surface area contributed by atoms with Crippen LogP contribution in [0.4, 0.5) is 11.4 Å². The second kappa shape index (κ2) is 8.60. The molecule has 26 heavy (non-hydrogen) atoms. The molecule has 0 spiro atoms. The highest BCUT2D eigenvalue weighted by Gasteiger charge is 2.14. The lowest BCUT2D eigenvalue weighted by molar-refractivity contribution is -0.118. The lowest BCUT2D eigenvalue weighted by Crippen LogP contribution is -2.41. The van der Waals surface area contributed by atoms with Crippen LogP contribution in [0.5, 0.6) is 0 Å². The molecule has 0 aromatic heterocycles. The van der Waals surface area contributed by atoms with Gasteiger partial charge in [-0.05, 0) is 37.3 Å². The van der Waals surface area contributed by atoms with Gasteiger partial charge in [0.15, 0.2) is 0 Å². The Morgan fingerprint density at radius 2 is 1.65 bits per heavy atom. The smallest absolute Gasteiger partial charge is 0.255 e. The maximum Gasteiger partial charge on any atom is 0.255 e. The van der Waals surface area contributed by atoms with E-state index in [4.69, 9.17) is 4.74 Å². The minimum Gasteiger partial charge on any atom is -0.379 e. The summed E-state index contributed by atoms with van der Waals surface area (Å²) in [5, 5.41) is 5.73. The van der Waals surface area contributed by atoms with E-state index in [1.165, 1.54) is 0 Å². The molecule has 2 aromatic carbocycles. The molecular formula is C20H23N3O3. The summed E-state index contributed by atoms with van der Waals surface area (Å²) in [6.45, 7) is 5.16. The van der Waals surface area contributed by atoms with Crippen LogP contribution in [-0.4, -0.2) is 49.6 Å². The molecule has 0 bridgehead atoms. The highest BCUT2D eigenvalue weighted by atomic mass is 16.5. The first-order valence-electron chi connectivity index (χ1n) is 8.68. The van der Waals surface area contributed by atoms with Crippen LogP contribution in [0.25, 0.3) is 0 Å². The zero-order chi connectivity index (χ0) is 18.4. The van der Waals surface area contributed by atoms with E-state index in [1.54, 1.807) is 36.4 Å². The Bertz CT molecular complexity index is 768. The van der Waals surface area contributed by atoms with Gasteiger partial charge in [-0.25, -0.2) is 0 Å². The molecule has 2 amide bonds. The van der Waals surface area contributed by atoms with Crippen molar-refractivity contribution in [3.8, 4) is 0 Å². The van der Waals surface area contributed by atoms with E-state index >= 15 is 0 Å². The minimum atomic E-state index is -0.179. The first-order chi connectivity index (χ1) is 12.6. The fourth-order valence-electron chi connectivity index (χ4n) is 2.75. The topological polar surface area (TPSA) is 70.7 Å². The van der Waals surface area contributed by atoms with Crippen LogP contribution in [0.1, 0.15) is 15.9 Å². The maximum absolute atomic E-state index is 12.3.